The molecule has 3 heteroatoms. The molecule has 1 aliphatic heterocycles. The lowest BCUT2D eigenvalue weighted by Crippen LogP contribution is -2.53. The Kier molecular flexibility index (Phi) is 2.84. The van der Waals surface area contributed by atoms with Crippen LogP contribution in [0.4, 0.5) is 0 Å². The Hall–Kier alpha value is -1.19. The van der Waals surface area contributed by atoms with Gasteiger partial charge in [-0.25, -0.2) is 0 Å². The first kappa shape index (κ1) is 10.3. The molecule has 2 N–H and O–H groups in total. The topological polar surface area (TPSA) is 46.3 Å². The molecule has 1 aromatic rings. The van der Waals surface area contributed by atoms with Crippen LogP contribution >= 0.6 is 0 Å². The summed E-state index contributed by atoms with van der Waals surface area (Å²) in [7, 11) is 0. The highest BCUT2D eigenvalue weighted by atomic mass is 16.1. The van der Waals surface area contributed by atoms with E-state index < -0.39 is 5.66 Å². The highest BCUT2D eigenvalue weighted by molar-refractivity contribution is 5.66. The highest BCUT2D eigenvalue weighted by Crippen LogP contribution is 2.24. The minimum Gasteiger partial charge on any atom is -0.303 e. The smallest absolute Gasteiger partial charge is 0.159 e. The molecule has 3 nitrogen and oxygen atoms in total. The van der Waals surface area contributed by atoms with Gasteiger partial charge in [-0.05, 0) is 18.4 Å². The minimum atomic E-state index is -0.933. The van der Waals surface area contributed by atoms with Crippen molar-refractivity contribution in [2.24, 2.45) is 5.73 Å². The molecule has 0 radical (unpaired) electrons. The SMILES string of the molecule is NC(C=O)(c1ccccc1)N1CCCC1. The van der Waals surface area contributed by atoms with E-state index in [1.807, 2.05) is 30.3 Å². The van der Waals surface area contributed by atoms with Gasteiger partial charge in [0.2, 0.25) is 0 Å². The molecule has 1 fully saturated rings. The summed E-state index contributed by atoms with van der Waals surface area (Å²) in [6.45, 7) is 1.81. The molecule has 15 heavy (non-hydrogen) atoms. The van der Waals surface area contributed by atoms with Crippen LogP contribution < -0.4 is 5.73 Å². The summed E-state index contributed by atoms with van der Waals surface area (Å²) in [5, 5.41) is 0. The van der Waals surface area contributed by atoms with E-state index in [0.29, 0.717) is 0 Å². The summed E-state index contributed by atoms with van der Waals surface area (Å²) in [5.74, 6) is 0. The maximum atomic E-state index is 11.2. The van der Waals surface area contributed by atoms with Crippen molar-refractivity contribution < 1.29 is 4.79 Å². The van der Waals surface area contributed by atoms with Crippen LogP contribution in [0.1, 0.15) is 18.4 Å². The van der Waals surface area contributed by atoms with Gasteiger partial charge >= 0.3 is 0 Å². The third-order valence-corrected chi connectivity index (χ3v) is 3.05. The maximum absolute atomic E-state index is 11.2. The van der Waals surface area contributed by atoms with Crippen LogP contribution in [0.2, 0.25) is 0 Å². The van der Waals surface area contributed by atoms with Gasteiger partial charge in [0.1, 0.15) is 0 Å². The Morgan fingerprint density at radius 1 is 1.20 bits per heavy atom. The molecule has 80 valence electrons. The van der Waals surface area contributed by atoms with Crippen molar-refractivity contribution in [1.82, 2.24) is 4.90 Å². The fraction of sp³-hybridized carbons (Fsp3) is 0.417. The molecule has 0 bridgehead atoms. The fourth-order valence-electron chi connectivity index (χ4n) is 2.12. The van der Waals surface area contributed by atoms with Crippen LogP contribution in [0.3, 0.4) is 0 Å². The number of rotatable bonds is 3. The molecule has 0 spiro atoms. The van der Waals surface area contributed by atoms with E-state index in [2.05, 4.69) is 4.90 Å². The Labute approximate surface area is 89.9 Å². The van der Waals surface area contributed by atoms with Crippen LogP contribution in [-0.4, -0.2) is 24.3 Å². The van der Waals surface area contributed by atoms with Gasteiger partial charge in [0.15, 0.2) is 11.9 Å². The largest absolute Gasteiger partial charge is 0.303 e. The average molecular weight is 204 g/mol. The summed E-state index contributed by atoms with van der Waals surface area (Å²) in [6.07, 6.45) is 3.10. The summed E-state index contributed by atoms with van der Waals surface area (Å²) in [4.78, 5) is 13.3. The zero-order valence-corrected chi connectivity index (χ0v) is 8.73. The molecule has 1 unspecified atom stereocenters. The Bertz CT molecular complexity index is 333. The first-order valence-corrected chi connectivity index (χ1v) is 5.33. The lowest BCUT2D eigenvalue weighted by Gasteiger charge is -2.33. The molecule has 0 aliphatic carbocycles. The monoisotopic (exact) mass is 204 g/mol. The highest BCUT2D eigenvalue weighted by Gasteiger charge is 2.35. The predicted octanol–water partition coefficient (Wildman–Crippen LogP) is 1.09. The average Bonchev–Trinajstić information content (AvgIpc) is 2.83. The van der Waals surface area contributed by atoms with E-state index in [4.69, 9.17) is 5.73 Å². The van der Waals surface area contributed by atoms with Crippen LogP contribution in [-0.2, 0) is 10.5 Å². The number of aldehydes is 1. The van der Waals surface area contributed by atoms with Gasteiger partial charge in [0.25, 0.3) is 0 Å². The second kappa shape index (κ2) is 4.13. The number of hydrogen-bond donors (Lipinski definition) is 1. The number of nitrogens with zero attached hydrogens (tertiary/aromatic N) is 1. The summed E-state index contributed by atoms with van der Waals surface area (Å²) >= 11 is 0. The standard InChI is InChI=1S/C12H16N2O/c13-12(10-15,14-8-4-5-9-14)11-6-2-1-3-7-11/h1-3,6-7,10H,4-5,8-9,13H2. The zero-order chi connectivity index (χ0) is 10.7. The summed E-state index contributed by atoms with van der Waals surface area (Å²) in [6, 6.07) is 9.57. The second-order valence-electron chi connectivity index (χ2n) is 4.00. The fourth-order valence-corrected chi connectivity index (χ4v) is 2.12. The first-order chi connectivity index (χ1) is 7.27. The van der Waals surface area contributed by atoms with Gasteiger partial charge in [-0.2, -0.15) is 0 Å². The van der Waals surface area contributed by atoms with Crippen molar-refractivity contribution in [2.75, 3.05) is 13.1 Å². The van der Waals surface area contributed by atoms with E-state index in [0.717, 1.165) is 37.8 Å². The Morgan fingerprint density at radius 2 is 1.80 bits per heavy atom. The molecule has 0 amide bonds. The van der Waals surface area contributed by atoms with Crippen molar-refractivity contribution in [3.05, 3.63) is 35.9 Å². The minimum absolute atomic E-state index is 0.855. The number of carbonyl (C=O) groups excluding carboxylic acids is 1. The number of nitrogens with two attached hydrogens (primary N) is 1. The number of benzene rings is 1. The Balaban J connectivity index is 2.32. The van der Waals surface area contributed by atoms with E-state index in [-0.39, 0.29) is 0 Å². The first-order valence-electron chi connectivity index (χ1n) is 5.33. The van der Waals surface area contributed by atoms with Gasteiger partial charge in [0, 0.05) is 13.1 Å². The quantitative estimate of drug-likeness (QED) is 0.750. The van der Waals surface area contributed by atoms with E-state index in [1.54, 1.807) is 0 Å². The van der Waals surface area contributed by atoms with Gasteiger partial charge in [0.05, 0.1) is 0 Å². The van der Waals surface area contributed by atoms with Crippen molar-refractivity contribution >= 4 is 6.29 Å². The molecular formula is C12H16N2O. The van der Waals surface area contributed by atoms with Crippen LogP contribution in [0.5, 0.6) is 0 Å². The number of carbonyl (C=O) groups is 1. The molecule has 1 atom stereocenters. The third-order valence-electron chi connectivity index (χ3n) is 3.05. The molecule has 0 aromatic heterocycles. The maximum Gasteiger partial charge on any atom is 0.159 e. The molecule has 1 aromatic carbocycles. The summed E-state index contributed by atoms with van der Waals surface area (Å²) in [5.41, 5.74) is 6.13. The van der Waals surface area contributed by atoms with E-state index in [9.17, 15) is 4.79 Å². The molecule has 1 heterocycles. The molecule has 1 saturated heterocycles. The number of hydrogen-bond acceptors (Lipinski definition) is 3. The van der Waals surface area contributed by atoms with Gasteiger partial charge < -0.3 is 5.73 Å². The van der Waals surface area contributed by atoms with E-state index in [1.165, 1.54) is 0 Å². The number of likely N-dealkylation sites (tertiary alicyclic amines) is 1. The van der Waals surface area contributed by atoms with Crippen molar-refractivity contribution in [2.45, 2.75) is 18.5 Å². The summed E-state index contributed by atoms with van der Waals surface area (Å²) < 4.78 is 0. The van der Waals surface area contributed by atoms with Crippen LogP contribution in [0.15, 0.2) is 30.3 Å². The van der Waals surface area contributed by atoms with Crippen molar-refractivity contribution in [3.63, 3.8) is 0 Å². The van der Waals surface area contributed by atoms with Gasteiger partial charge in [-0.3, -0.25) is 9.69 Å². The molecular weight excluding hydrogens is 188 g/mol. The lowest BCUT2D eigenvalue weighted by atomic mass is 10.0. The van der Waals surface area contributed by atoms with Crippen molar-refractivity contribution in [3.8, 4) is 0 Å². The zero-order valence-electron chi connectivity index (χ0n) is 8.73. The molecule has 1 aliphatic rings. The van der Waals surface area contributed by atoms with Crippen LogP contribution in [0.25, 0.3) is 0 Å². The molecule has 0 saturated carbocycles. The van der Waals surface area contributed by atoms with Gasteiger partial charge in [-0.1, -0.05) is 30.3 Å². The van der Waals surface area contributed by atoms with E-state index >= 15 is 0 Å². The van der Waals surface area contributed by atoms with Gasteiger partial charge in [-0.15, -0.1) is 0 Å². The normalized spacial score (nSPS) is 21.1. The predicted molar refractivity (Wildman–Crippen MR) is 59.2 cm³/mol. The van der Waals surface area contributed by atoms with Crippen LogP contribution in [0, 0.1) is 0 Å². The third kappa shape index (κ3) is 1.80. The molecule has 2 rings (SSSR count). The Morgan fingerprint density at radius 3 is 2.33 bits per heavy atom. The lowest BCUT2D eigenvalue weighted by molar-refractivity contribution is -0.118. The second-order valence-corrected chi connectivity index (χ2v) is 4.00. The van der Waals surface area contributed by atoms with Crippen molar-refractivity contribution in [1.29, 1.82) is 0 Å².